The zero-order valence-electron chi connectivity index (χ0n) is 13.8. The van der Waals surface area contributed by atoms with E-state index in [1.54, 1.807) is 6.92 Å². The molecule has 0 saturated heterocycles. The lowest BCUT2D eigenvalue weighted by molar-refractivity contribution is -0.138. The van der Waals surface area contributed by atoms with Gasteiger partial charge in [0.25, 0.3) is 5.60 Å². The molecule has 26 heavy (non-hydrogen) atoms. The molecule has 1 spiro atoms. The molecule has 0 amide bonds. The molecule has 1 heterocycles. The van der Waals surface area contributed by atoms with Crippen molar-refractivity contribution in [3.8, 4) is 11.5 Å². The number of aromatic hydroxyl groups is 1. The first-order valence-corrected chi connectivity index (χ1v) is 9.41. The van der Waals surface area contributed by atoms with Crippen molar-refractivity contribution in [2.24, 2.45) is 0 Å². The van der Waals surface area contributed by atoms with E-state index >= 15 is 0 Å². The summed E-state index contributed by atoms with van der Waals surface area (Å²) in [7, 11) is 2.40. The minimum atomic E-state index is -2.01. The Balaban J connectivity index is 2.35. The second kappa shape index (κ2) is 6.51. The van der Waals surface area contributed by atoms with Crippen LogP contribution >= 0.6 is 45.2 Å². The molecule has 0 fully saturated rings. The van der Waals surface area contributed by atoms with Gasteiger partial charge in [0.05, 0.1) is 21.4 Å². The maximum Gasteiger partial charge on any atom is 0.338 e. The van der Waals surface area contributed by atoms with Crippen LogP contribution in [0.4, 0.5) is 0 Å². The maximum absolute atomic E-state index is 13.3. The lowest BCUT2D eigenvalue weighted by Crippen LogP contribution is -2.49. The number of Topliss-reactive ketones (excluding diaryl/α,β-unsaturated/α-hetero) is 1. The summed E-state index contributed by atoms with van der Waals surface area (Å²) in [6.07, 6.45) is 2.07. The highest BCUT2D eigenvalue weighted by molar-refractivity contribution is 14.1. The van der Waals surface area contributed by atoms with E-state index in [1.165, 1.54) is 7.11 Å². The Labute approximate surface area is 175 Å². The van der Waals surface area contributed by atoms with Crippen LogP contribution in [-0.4, -0.2) is 42.5 Å². The van der Waals surface area contributed by atoms with E-state index in [1.807, 2.05) is 45.2 Å². The van der Waals surface area contributed by atoms with E-state index in [2.05, 4.69) is 0 Å². The Bertz CT molecular complexity index is 945. The molecular formula is C17H12I2O7. The number of rotatable bonds is 2. The predicted molar refractivity (Wildman–Crippen MR) is 106 cm³/mol. The molecule has 0 aromatic heterocycles. The van der Waals surface area contributed by atoms with Crippen molar-refractivity contribution in [2.75, 3.05) is 14.2 Å². The molecule has 1 N–H and O–H groups in total. The number of halogens is 2. The fourth-order valence-electron chi connectivity index (χ4n) is 2.96. The zero-order valence-corrected chi connectivity index (χ0v) is 18.1. The van der Waals surface area contributed by atoms with E-state index in [0.29, 0.717) is 7.14 Å². The van der Waals surface area contributed by atoms with Gasteiger partial charge in [0.1, 0.15) is 16.9 Å². The fraction of sp³-hybridized carbons (Fsp3) is 0.235. The zero-order chi connectivity index (χ0) is 19.4. The smallest absolute Gasteiger partial charge is 0.338 e. The van der Waals surface area contributed by atoms with Crippen LogP contribution < -0.4 is 4.74 Å². The van der Waals surface area contributed by atoms with Crippen molar-refractivity contribution in [1.29, 1.82) is 0 Å². The van der Waals surface area contributed by atoms with Gasteiger partial charge in [-0.2, -0.15) is 0 Å². The van der Waals surface area contributed by atoms with Crippen LogP contribution in [0.3, 0.4) is 0 Å². The lowest BCUT2D eigenvalue weighted by atomic mass is 9.81. The summed E-state index contributed by atoms with van der Waals surface area (Å²) in [5.41, 5.74) is -1.64. The molecule has 0 bridgehead atoms. The number of carbonyl (C=O) groups excluding carboxylic acids is 3. The molecular weight excluding hydrogens is 570 g/mol. The first-order valence-electron chi connectivity index (χ1n) is 7.25. The predicted octanol–water partition coefficient (Wildman–Crippen LogP) is 2.44. The third-order valence-corrected chi connectivity index (χ3v) is 6.86. The number of phenols is 1. The number of carbonyl (C=O) groups is 3. The molecule has 3 rings (SSSR count). The van der Waals surface area contributed by atoms with Gasteiger partial charge < -0.3 is 19.3 Å². The Kier molecular flexibility index (Phi) is 4.80. The molecule has 1 aromatic carbocycles. The highest BCUT2D eigenvalue weighted by Crippen LogP contribution is 2.52. The van der Waals surface area contributed by atoms with Crippen LogP contribution in [0, 0.1) is 14.1 Å². The van der Waals surface area contributed by atoms with Gasteiger partial charge in [-0.3, -0.25) is 9.59 Å². The van der Waals surface area contributed by atoms with Crippen molar-refractivity contribution in [3.05, 3.63) is 41.8 Å². The lowest BCUT2D eigenvalue weighted by Gasteiger charge is -2.31. The molecule has 1 unspecified atom stereocenters. The summed E-state index contributed by atoms with van der Waals surface area (Å²) in [5.74, 6) is -2.38. The van der Waals surface area contributed by atoms with Crippen LogP contribution in [-0.2, 0) is 19.1 Å². The first kappa shape index (κ1) is 19.1. The van der Waals surface area contributed by atoms with Gasteiger partial charge in [-0.1, -0.05) is 0 Å². The summed E-state index contributed by atoms with van der Waals surface area (Å²) in [4.78, 5) is 37.6. The minimum absolute atomic E-state index is 0.0588. The number of phenolic OH excluding ortho intramolecular Hbond substituents is 1. The number of hydrogen-bond acceptors (Lipinski definition) is 7. The largest absolute Gasteiger partial charge is 0.506 e. The number of fused-ring (bicyclic) bond motifs is 1. The summed E-state index contributed by atoms with van der Waals surface area (Å²) >= 11 is 3.94. The van der Waals surface area contributed by atoms with Crippen LogP contribution in [0.2, 0.25) is 0 Å². The van der Waals surface area contributed by atoms with E-state index < -0.39 is 23.1 Å². The van der Waals surface area contributed by atoms with Crippen molar-refractivity contribution < 1.29 is 33.7 Å². The molecule has 0 radical (unpaired) electrons. The number of benzene rings is 1. The highest BCUT2D eigenvalue weighted by atomic mass is 127. The van der Waals surface area contributed by atoms with E-state index in [4.69, 9.17) is 14.2 Å². The second-order valence-corrected chi connectivity index (χ2v) is 7.74. The van der Waals surface area contributed by atoms with Crippen molar-refractivity contribution in [2.45, 2.75) is 12.5 Å². The summed E-state index contributed by atoms with van der Waals surface area (Å²) in [6, 6.07) is 0. The van der Waals surface area contributed by atoms with E-state index in [9.17, 15) is 19.5 Å². The van der Waals surface area contributed by atoms with Gasteiger partial charge in [-0.25, -0.2) is 4.79 Å². The van der Waals surface area contributed by atoms with Crippen LogP contribution in [0.15, 0.2) is 23.5 Å². The molecule has 136 valence electrons. The van der Waals surface area contributed by atoms with E-state index in [-0.39, 0.29) is 28.4 Å². The monoisotopic (exact) mass is 582 g/mol. The third-order valence-electron chi connectivity index (χ3n) is 4.24. The average molecular weight is 582 g/mol. The molecule has 2 aliphatic rings. The van der Waals surface area contributed by atoms with Crippen LogP contribution in [0.1, 0.15) is 15.9 Å². The number of methoxy groups -OCH3 is 2. The number of ketones is 2. The number of allylic oxidation sites excluding steroid dienone is 2. The summed E-state index contributed by atoms with van der Waals surface area (Å²) in [6.45, 7) is 1.77. The van der Waals surface area contributed by atoms with Gasteiger partial charge in [0, 0.05) is 12.2 Å². The van der Waals surface area contributed by atoms with E-state index in [0.717, 1.165) is 24.8 Å². The summed E-state index contributed by atoms with van der Waals surface area (Å²) in [5, 5.41) is 10.5. The van der Waals surface area contributed by atoms with Crippen molar-refractivity contribution >= 4 is 62.7 Å². The number of esters is 1. The second-order valence-electron chi connectivity index (χ2n) is 5.58. The normalized spacial score (nSPS) is 21.1. The Hall–Kier alpha value is -1.63. The number of ether oxygens (including phenoxy) is 3. The standard InChI is InChI=1S/C17H12I2O7/c1-6-11(18)13(21)10-14(12(6)19)26-17(15(10)22)8(16(23)25-3)4-7(20)5-9(17)24-2/h4-5,21H,1-3H3. The number of hydrogen-bond donors (Lipinski definition) is 1. The molecule has 1 aliphatic carbocycles. The SMILES string of the molecule is COC(=O)C1=CC(=O)C=C(OC)C12Oc1c(I)c(C)c(I)c(O)c1C2=O. The third kappa shape index (κ3) is 2.39. The molecule has 0 saturated carbocycles. The highest BCUT2D eigenvalue weighted by Gasteiger charge is 2.61. The van der Waals surface area contributed by atoms with Crippen molar-refractivity contribution in [1.82, 2.24) is 0 Å². The Morgan fingerprint density at radius 1 is 1.19 bits per heavy atom. The van der Waals surface area contributed by atoms with Gasteiger partial charge in [0.15, 0.2) is 17.3 Å². The van der Waals surface area contributed by atoms with Gasteiger partial charge in [-0.15, -0.1) is 0 Å². The Morgan fingerprint density at radius 3 is 2.42 bits per heavy atom. The van der Waals surface area contributed by atoms with Crippen molar-refractivity contribution in [3.63, 3.8) is 0 Å². The van der Waals surface area contributed by atoms with Gasteiger partial charge in [-0.05, 0) is 57.7 Å². The fourth-order valence-corrected chi connectivity index (χ4v) is 4.66. The first-order chi connectivity index (χ1) is 12.2. The maximum atomic E-state index is 13.3. The molecule has 1 atom stereocenters. The molecule has 9 heteroatoms. The van der Waals surface area contributed by atoms with Gasteiger partial charge in [0.2, 0.25) is 5.78 Å². The topological polar surface area (TPSA) is 99.1 Å². The quantitative estimate of drug-likeness (QED) is 0.423. The summed E-state index contributed by atoms with van der Waals surface area (Å²) < 4.78 is 17.0. The van der Waals surface area contributed by atoms with Gasteiger partial charge >= 0.3 is 5.97 Å². The Morgan fingerprint density at radius 2 is 1.85 bits per heavy atom. The molecule has 1 aromatic rings. The van der Waals surface area contributed by atoms with Crippen LogP contribution in [0.5, 0.6) is 11.5 Å². The van der Waals surface area contributed by atoms with Crippen LogP contribution in [0.25, 0.3) is 0 Å². The molecule has 7 nitrogen and oxygen atoms in total. The molecule has 1 aliphatic heterocycles. The minimum Gasteiger partial charge on any atom is -0.506 e. The average Bonchev–Trinajstić information content (AvgIpc) is 2.93.